The van der Waals surface area contributed by atoms with Gasteiger partial charge in [0.2, 0.25) is 11.7 Å². The van der Waals surface area contributed by atoms with Crippen molar-refractivity contribution >= 4 is 23.8 Å². The quantitative estimate of drug-likeness (QED) is 0.0975. The summed E-state index contributed by atoms with van der Waals surface area (Å²) in [7, 11) is 1.27. The van der Waals surface area contributed by atoms with E-state index in [0.717, 1.165) is 31.8 Å². The molecule has 0 radical (unpaired) electrons. The minimum absolute atomic E-state index is 0.223. The second-order valence-electron chi connectivity index (χ2n) is 7.80. The van der Waals surface area contributed by atoms with Crippen molar-refractivity contribution in [2.75, 3.05) is 13.7 Å². The fourth-order valence-corrected chi connectivity index (χ4v) is 3.53. The lowest BCUT2D eigenvalue weighted by Gasteiger charge is -2.40. The molecule has 0 aliphatic carbocycles. The standard InChI is InChI=1S/C21H36N4O8/c1-4-5-6-7-8-9-16(28)32-11-14(27)18(31-3)19-17(24-12(2)26)13(25-21(22)23)10-15(33-19)20(29)30/h10,13-14,17-19,27H,4-9,11H2,1-3H3,(H,24,26)(H,29,30)(H4,22,23,25)/t13-,14?,17+,18?,19?/m0/s1. The van der Waals surface area contributed by atoms with Crippen molar-refractivity contribution in [3.05, 3.63) is 11.8 Å². The molecule has 0 bridgehead atoms. The van der Waals surface area contributed by atoms with Crippen LogP contribution in [-0.2, 0) is 28.6 Å². The maximum atomic E-state index is 12.0. The van der Waals surface area contributed by atoms with Crippen LogP contribution < -0.4 is 16.8 Å². The molecule has 7 N–H and O–H groups in total. The highest BCUT2D eigenvalue weighted by atomic mass is 16.6. The van der Waals surface area contributed by atoms with Crippen LogP contribution in [0.4, 0.5) is 0 Å². The number of nitrogens with zero attached hydrogens (tertiary/aromatic N) is 1. The zero-order valence-corrected chi connectivity index (χ0v) is 19.4. The Morgan fingerprint density at radius 3 is 2.45 bits per heavy atom. The van der Waals surface area contributed by atoms with Gasteiger partial charge in [0, 0.05) is 20.5 Å². The van der Waals surface area contributed by atoms with Crippen LogP contribution in [0.15, 0.2) is 16.8 Å². The molecule has 0 saturated carbocycles. The van der Waals surface area contributed by atoms with Crippen LogP contribution in [0.25, 0.3) is 0 Å². The summed E-state index contributed by atoms with van der Waals surface area (Å²) in [5.74, 6) is -3.13. The number of carboxylic acid groups (broad SMARTS) is 1. The van der Waals surface area contributed by atoms with Gasteiger partial charge < -0.3 is 41.2 Å². The molecule has 33 heavy (non-hydrogen) atoms. The second kappa shape index (κ2) is 14.3. The number of aliphatic carboxylic acids is 1. The molecule has 0 aromatic rings. The smallest absolute Gasteiger partial charge is 0.370 e. The number of hydrogen-bond donors (Lipinski definition) is 5. The lowest BCUT2D eigenvalue weighted by Crippen LogP contribution is -2.60. The number of guanidine groups is 1. The van der Waals surface area contributed by atoms with Crippen LogP contribution >= 0.6 is 0 Å². The van der Waals surface area contributed by atoms with Gasteiger partial charge in [0.1, 0.15) is 18.8 Å². The number of nitrogens with one attached hydrogen (secondary N) is 1. The van der Waals surface area contributed by atoms with E-state index in [0.29, 0.717) is 6.42 Å². The zero-order chi connectivity index (χ0) is 25.0. The third kappa shape index (κ3) is 9.66. The number of carbonyl (C=O) groups is 3. The molecule has 1 heterocycles. The van der Waals surface area contributed by atoms with Crippen LogP contribution in [0.1, 0.15) is 52.4 Å². The van der Waals surface area contributed by atoms with Crippen molar-refractivity contribution in [1.82, 2.24) is 5.32 Å². The number of carboxylic acids is 1. The molecule has 5 atom stereocenters. The molecule has 3 unspecified atom stereocenters. The number of unbranched alkanes of at least 4 members (excludes halogenated alkanes) is 4. The van der Waals surface area contributed by atoms with Crippen LogP contribution in [0.2, 0.25) is 0 Å². The summed E-state index contributed by atoms with van der Waals surface area (Å²) in [5.41, 5.74) is 10.9. The second-order valence-corrected chi connectivity index (χ2v) is 7.80. The number of esters is 1. The number of rotatable bonds is 14. The molecule has 188 valence electrons. The normalized spacial score (nSPS) is 21.7. The highest BCUT2D eigenvalue weighted by Crippen LogP contribution is 2.26. The molecule has 12 heteroatoms. The van der Waals surface area contributed by atoms with Crippen LogP contribution in [0.3, 0.4) is 0 Å². The van der Waals surface area contributed by atoms with E-state index in [-0.39, 0.29) is 12.4 Å². The number of carbonyl (C=O) groups excluding carboxylic acids is 2. The van der Waals surface area contributed by atoms with Gasteiger partial charge in [0.05, 0.1) is 12.1 Å². The number of nitrogens with two attached hydrogens (primary N) is 2. The van der Waals surface area contributed by atoms with E-state index < -0.39 is 60.6 Å². The molecule has 1 rings (SSSR count). The van der Waals surface area contributed by atoms with Crippen molar-refractivity contribution in [2.45, 2.75) is 82.8 Å². The van der Waals surface area contributed by atoms with Gasteiger partial charge in [0.25, 0.3) is 0 Å². The molecule has 0 aromatic heterocycles. The summed E-state index contributed by atoms with van der Waals surface area (Å²) in [6.45, 7) is 2.95. The van der Waals surface area contributed by atoms with Crippen molar-refractivity contribution in [1.29, 1.82) is 0 Å². The average Bonchev–Trinajstić information content (AvgIpc) is 2.73. The highest BCUT2D eigenvalue weighted by Gasteiger charge is 2.45. The first-order valence-corrected chi connectivity index (χ1v) is 10.9. The van der Waals surface area contributed by atoms with Gasteiger partial charge in [-0.05, 0) is 12.5 Å². The molecule has 0 spiro atoms. The number of amides is 1. The molecule has 1 aliphatic rings. The Kier molecular flexibility index (Phi) is 12.2. The Hall–Kier alpha value is -2.86. The van der Waals surface area contributed by atoms with Crippen LogP contribution in [0.5, 0.6) is 0 Å². The number of hydrogen-bond acceptors (Lipinski definition) is 8. The molecule has 12 nitrogen and oxygen atoms in total. The van der Waals surface area contributed by atoms with Gasteiger partial charge in [0.15, 0.2) is 12.1 Å². The Morgan fingerprint density at radius 1 is 1.24 bits per heavy atom. The van der Waals surface area contributed by atoms with Crippen LogP contribution in [0, 0.1) is 0 Å². The maximum Gasteiger partial charge on any atom is 0.370 e. The first-order chi connectivity index (χ1) is 15.6. The minimum Gasteiger partial charge on any atom is -0.478 e. The Labute approximate surface area is 193 Å². The Morgan fingerprint density at radius 2 is 1.91 bits per heavy atom. The van der Waals surface area contributed by atoms with Gasteiger partial charge in [-0.3, -0.25) is 9.59 Å². The molecular weight excluding hydrogens is 436 g/mol. The summed E-state index contributed by atoms with van der Waals surface area (Å²) in [4.78, 5) is 39.3. The van der Waals surface area contributed by atoms with Gasteiger partial charge in [-0.2, -0.15) is 0 Å². The summed E-state index contributed by atoms with van der Waals surface area (Å²) < 4.78 is 16.0. The van der Waals surface area contributed by atoms with E-state index in [1.165, 1.54) is 14.0 Å². The van der Waals surface area contributed by atoms with Gasteiger partial charge in [-0.15, -0.1) is 0 Å². The van der Waals surface area contributed by atoms with Gasteiger partial charge >= 0.3 is 11.9 Å². The van der Waals surface area contributed by atoms with Gasteiger partial charge in [-0.25, -0.2) is 9.79 Å². The summed E-state index contributed by atoms with van der Waals surface area (Å²) in [5, 5.41) is 22.7. The SMILES string of the molecule is CCCCCCCC(=O)OCC(O)C(OC)C1OC(C(=O)O)=C[C@H](N=C(N)N)[C@H]1NC(C)=O. The Bertz CT molecular complexity index is 723. The van der Waals surface area contributed by atoms with E-state index in [1.807, 2.05) is 0 Å². The monoisotopic (exact) mass is 472 g/mol. The minimum atomic E-state index is -1.39. The number of aliphatic imine (C=N–C) groups is 1. The number of methoxy groups -OCH3 is 1. The summed E-state index contributed by atoms with van der Waals surface area (Å²) >= 11 is 0. The van der Waals surface area contributed by atoms with E-state index in [9.17, 15) is 24.6 Å². The first-order valence-electron chi connectivity index (χ1n) is 10.9. The van der Waals surface area contributed by atoms with Crippen molar-refractivity contribution in [3.8, 4) is 0 Å². The molecule has 1 aliphatic heterocycles. The fraction of sp³-hybridized carbons (Fsp3) is 0.714. The highest BCUT2D eigenvalue weighted by molar-refractivity contribution is 5.85. The fourth-order valence-electron chi connectivity index (χ4n) is 3.53. The molecular formula is C21H36N4O8. The molecule has 0 fully saturated rings. The largest absolute Gasteiger partial charge is 0.478 e. The first kappa shape index (κ1) is 28.2. The number of aliphatic hydroxyl groups is 1. The van der Waals surface area contributed by atoms with E-state index >= 15 is 0 Å². The lowest BCUT2D eigenvalue weighted by molar-refractivity contribution is -0.159. The number of ether oxygens (including phenoxy) is 3. The molecule has 0 aromatic carbocycles. The van der Waals surface area contributed by atoms with Crippen molar-refractivity contribution in [3.63, 3.8) is 0 Å². The lowest BCUT2D eigenvalue weighted by atomic mass is 9.92. The predicted octanol–water partition coefficient (Wildman–Crippen LogP) is -0.220. The van der Waals surface area contributed by atoms with Crippen molar-refractivity contribution in [2.24, 2.45) is 16.5 Å². The predicted molar refractivity (Wildman–Crippen MR) is 119 cm³/mol. The topological polar surface area (TPSA) is 196 Å². The van der Waals surface area contributed by atoms with E-state index in [2.05, 4.69) is 17.2 Å². The third-order valence-electron chi connectivity index (χ3n) is 5.06. The third-order valence-corrected chi connectivity index (χ3v) is 5.06. The van der Waals surface area contributed by atoms with Gasteiger partial charge in [-0.1, -0.05) is 32.6 Å². The average molecular weight is 473 g/mol. The maximum absolute atomic E-state index is 12.0. The summed E-state index contributed by atoms with van der Waals surface area (Å²) in [6, 6.07) is -1.97. The van der Waals surface area contributed by atoms with E-state index in [4.69, 9.17) is 25.7 Å². The van der Waals surface area contributed by atoms with Crippen LogP contribution in [-0.4, -0.2) is 78.1 Å². The Balaban J connectivity index is 2.94. The zero-order valence-electron chi connectivity index (χ0n) is 19.4. The number of aliphatic hydroxyl groups excluding tert-OH is 1. The molecule has 1 amide bonds. The summed E-state index contributed by atoms with van der Waals surface area (Å²) in [6.07, 6.45) is 2.45. The van der Waals surface area contributed by atoms with E-state index in [1.54, 1.807) is 0 Å². The molecule has 0 saturated heterocycles. The van der Waals surface area contributed by atoms with Crippen molar-refractivity contribution < 1.29 is 38.8 Å².